The zero-order valence-corrected chi connectivity index (χ0v) is 11.9. The number of carbonyl (C=O) groups is 2. The Balaban J connectivity index is 2.74. The highest BCUT2D eigenvalue weighted by Crippen LogP contribution is 2.19. The molecule has 1 rings (SSSR count). The lowest BCUT2D eigenvalue weighted by Gasteiger charge is -2.21. The van der Waals surface area contributed by atoms with Gasteiger partial charge in [0.05, 0.1) is 5.69 Å². The monoisotopic (exact) mass is 366 g/mol. The molecule has 0 aliphatic heterocycles. The SMILES string of the molecule is CC(C)(NC(=O)Nc1ccc(F)cc1I)C(=O)O. The van der Waals surface area contributed by atoms with Crippen molar-refractivity contribution in [3.05, 3.63) is 27.6 Å². The lowest BCUT2D eigenvalue weighted by molar-refractivity contribution is -0.142. The van der Waals surface area contributed by atoms with Crippen molar-refractivity contribution in [2.24, 2.45) is 0 Å². The van der Waals surface area contributed by atoms with E-state index in [0.29, 0.717) is 9.26 Å². The molecule has 0 saturated heterocycles. The van der Waals surface area contributed by atoms with Crippen LogP contribution in [0.4, 0.5) is 14.9 Å². The van der Waals surface area contributed by atoms with E-state index in [-0.39, 0.29) is 0 Å². The van der Waals surface area contributed by atoms with Gasteiger partial charge in [-0.3, -0.25) is 0 Å². The Morgan fingerprint density at radius 1 is 1.39 bits per heavy atom. The van der Waals surface area contributed by atoms with Crippen LogP contribution >= 0.6 is 22.6 Å². The van der Waals surface area contributed by atoms with Crippen molar-refractivity contribution in [1.82, 2.24) is 5.32 Å². The number of carboxylic acid groups (broad SMARTS) is 1. The number of hydrogen-bond acceptors (Lipinski definition) is 2. The fourth-order valence-electron chi connectivity index (χ4n) is 1.08. The highest BCUT2D eigenvalue weighted by atomic mass is 127. The minimum Gasteiger partial charge on any atom is -0.480 e. The minimum absolute atomic E-state index is 0.406. The number of anilines is 1. The highest BCUT2D eigenvalue weighted by molar-refractivity contribution is 14.1. The highest BCUT2D eigenvalue weighted by Gasteiger charge is 2.29. The van der Waals surface area contributed by atoms with Gasteiger partial charge in [-0.05, 0) is 54.6 Å². The molecule has 0 heterocycles. The Bertz CT molecular complexity index is 491. The minimum atomic E-state index is -1.38. The van der Waals surface area contributed by atoms with E-state index in [4.69, 9.17) is 5.11 Å². The van der Waals surface area contributed by atoms with Gasteiger partial charge >= 0.3 is 12.0 Å². The van der Waals surface area contributed by atoms with E-state index in [1.54, 1.807) is 0 Å². The number of rotatable bonds is 3. The summed E-state index contributed by atoms with van der Waals surface area (Å²) in [5, 5.41) is 13.6. The molecule has 2 amide bonds. The molecule has 0 spiro atoms. The van der Waals surface area contributed by atoms with E-state index in [0.717, 1.165) is 0 Å². The van der Waals surface area contributed by atoms with Gasteiger partial charge in [-0.25, -0.2) is 14.0 Å². The van der Waals surface area contributed by atoms with Crippen molar-refractivity contribution in [3.8, 4) is 0 Å². The number of urea groups is 1. The Kier molecular flexibility index (Phi) is 4.49. The van der Waals surface area contributed by atoms with Crippen LogP contribution in [0.1, 0.15) is 13.8 Å². The number of halogens is 2. The fourth-order valence-corrected chi connectivity index (χ4v) is 1.69. The number of carbonyl (C=O) groups excluding carboxylic acids is 1. The van der Waals surface area contributed by atoms with E-state index in [9.17, 15) is 14.0 Å². The second-order valence-corrected chi connectivity index (χ2v) is 5.30. The van der Waals surface area contributed by atoms with Gasteiger partial charge in [0.2, 0.25) is 0 Å². The molecule has 0 saturated carbocycles. The molecule has 7 heteroatoms. The molecule has 5 nitrogen and oxygen atoms in total. The Morgan fingerprint density at radius 2 is 2.00 bits per heavy atom. The van der Waals surface area contributed by atoms with E-state index < -0.39 is 23.4 Å². The van der Waals surface area contributed by atoms with Gasteiger partial charge < -0.3 is 15.7 Å². The van der Waals surface area contributed by atoms with Crippen molar-refractivity contribution in [3.63, 3.8) is 0 Å². The van der Waals surface area contributed by atoms with Crippen LogP contribution in [-0.4, -0.2) is 22.6 Å². The van der Waals surface area contributed by atoms with E-state index in [1.165, 1.54) is 32.0 Å². The van der Waals surface area contributed by atoms with Crippen LogP contribution in [0.5, 0.6) is 0 Å². The fraction of sp³-hybridized carbons (Fsp3) is 0.273. The molecule has 18 heavy (non-hydrogen) atoms. The molecule has 3 N–H and O–H groups in total. The van der Waals surface area contributed by atoms with Gasteiger partial charge in [0.15, 0.2) is 0 Å². The standard InChI is InChI=1S/C11H12FIN2O3/c1-11(2,9(16)17)15-10(18)14-8-4-3-6(12)5-7(8)13/h3-5H,1-2H3,(H,16,17)(H2,14,15,18). The van der Waals surface area contributed by atoms with Crippen LogP contribution in [0.15, 0.2) is 18.2 Å². The van der Waals surface area contributed by atoms with Crippen molar-refractivity contribution >= 4 is 40.3 Å². The van der Waals surface area contributed by atoms with Gasteiger partial charge in [-0.15, -0.1) is 0 Å². The second-order valence-electron chi connectivity index (χ2n) is 4.13. The first-order valence-corrected chi connectivity index (χ1v) is 6.08. The summed E-state index contributed by atoms with van der Waals surface area (Å²) in [5.74, 6) is -1.55. The van der Waals surface area contributed by atoms with Crippen molar-refractivity contribution in [2.75, 3.05) is 5.32 Å². The summed E-state index contributed by atoms with van der Waals surface area (Å²) in [7, 11) is 0. The molecule has 0 bridgehead atoms. The molecule has 1 aromatic rings. The number of benzene rings is 1. The van der Waals surface area contributed by atoms with Gasteiger partial charge in [0.1, 0.15) is 11.4 Å². The molecule has 0 aliphatic rings. The Labute approximate surface area is 117 Å². The normalized spacial score (nSPS) is 10.9. The smallest absolute Gasteiger partial charge is 0.328 e. The number of hydrogen-bond donors (Lipinski definition) is 3. The van der Waals surface area contributed by atoms with Gasteiger partial charge in [-0.1, -0.05) is 0 Å². The van der Waals surface area contributed by atoms with Crippen LogP contribution in [-0.2, 0) is 4.79 Å². The number of carboxylic acids is 1. The maximum Gasteiger partial charge on any atom is 0.328 e. The largest absolute Gasteiger partial charge is 0.480 e. The van der Waals surface area contributed by atoms with Crippen molar-refractivity contribution in [2.45, 2.75) is 19.4 Å². The topological polar surface area (TPSA) is 78.4 Å². The molecular weight excluding hydrogens is 354 g/mol. The summed E-state index contributed by atoms with van der Waals surface area (Å²) < 4.78 is 13.4. The molecular formula is C11H12FIN2O3. The molecule has 0 unspecified atom stereocenters. The molecule has 0 radical (unpaired) electrons. The van der Waals surface area contributed by atoms with Crippen LogP contribution in [0.3, 0.4) is 0 Å². The second kappa shape index (κ2) is 5.51. The Morgan fingerprint density at radius 3 is 2.50 bits per heavy atom. The third kappa shape index (κ3) is 3.83. The summed E-state index contributed by atoms with van der Waals surface area (Å²) >= 11 is 1.87. The predicted molar refractivity (Wildman–Crippen MR) is 73.0 cm³/mol. The summed E-state index contributed by atoms with van der Waals surface area (Å²) in [6, 6.07) is 3.22. The summed E-state index contributed by atoms with van der Waals surface area (Å²) in [6.07, 6.45) is 0. The third-order valence-corrected chi connectivity index (χ3v) is 3.03. The van der Waals surface area contributed by atoms with Crippen LogP contribution < -0.4 is 10.6 Å². The molecule has 0 fully saturated rings. The maximum absolute atomic E-state index is 12.9. The third-order valence-electron chi connectivity index (χ3n) is 2.14. The quantitative estimate of drug-likeness (QED) is 0.719. The average molecular weight is 366 g/mol. The van der Waals surface area contributed by atoms with Crippen molar-refractivity contribution < 1.29 is 19.1 Å². The zero-order chi connectivity index (χ0) is 13.9. The summed E-state index contributed by atoms with van der Waals surface area (Å²) in [6.45, 7) is 2.73. The lowest BCUT2D eigenvalue weighted by Crippen LogP contribution is -2.51. The van der Waals surface area contributed by atoms with Crippen LogP contribution in [0.25, 0.3) is 0 Å². The summed E-state index contributed by atoms with van der Waals surface area (Å²) in [4.78, 5) is 22.4. The van der Waals surface area contributed by atoms with E-state index in [1.807, 2.05) is 22.6 Å². The average Bonchev–Trinajstić information content (AvgIpc) is 2.21. The summed E-state index contributed by atoms with van der Waals surface area (Å²) in [5.41, 5.74) is -0.967. The number of aliphatic carboxylic acids is 1. The first-order valence-electron chi connectivity index (χ1n) is 5.00. The molecule has 98 valence electrons. The number of nitrogens with one attached hydrogen (secondary N) is 2. The van der Waals surface area contributed by atoms with Gasteiger partial charge in [0.25, 0.3) is 0 Å². The Hall–Kier alpha value is -1.38. The predicted octanol–water partition coefficient (Wildman–Crippen LogP) is 2.42. The molecule has 0 aromatic heterocycles. The van der Waals surface area contributed by atoms with Gasteiger partial charge in [-0.2, -0.15) is 0 Å². The molecule has 0 aliphatic carbocycles. The lowest BCUT2D eigenvalue weighted by atomic mass is 10.1. The van der Waals surface area contributed by atoms with E-state index in [2.05, 4.69) is 10.6 Å². The maximum atomic E-state index is 12.9. The number of amides is 2. The van der Waals surface area contributed by atoms with Crippen LogP contribution in [0, 0.1) is 9.39 Å². The van der Waals surface area contributed by atoms with Crippen molar-refractivity contribution in [1.29, 1.82) is 0 Å². The zero-order valence-electron chi connectivity index (χ0n) is 9.75. The first-order chi connectivity index (χ1) is 8.22. The van der Waals surface area contributed by atoms with Gasteiger partial charge in [0, 0.05) is 3.57 Å². The first kappa shape index (κ1) is 14.7. The van der Waals surface area contributed by atoms with Crippen LogP contribution in [0.2, 0.25) is 0 Å². The molecule has 0 atom stereocenters. The molecule has 1 aromatic carbocycles. The van der Waals surface area contributed by atoms with E-state index >= 15 is 0 Å².